The average molecular weight is 289 g/mol. The Morgan fingerprint density at radius 3 is 2.56 bits per heavy atom. The van der Waals surface area contributed by atoms with Gasteiger partial charge >= 0.3 is 0 Å². The van der Waals surface area contributed by atoms with Gasteiger partial charge in [0.15, 0.2) is 0 Å². The van der Waals surface area contributed by atoms with E-state index in [9.17, 15) is 17.2 Å². The number of hydrogen-bond donors (Lipinski definition) is 2. The quantitative estimate of drug-likeness (QED) is 0.510. The molecule has 0 saturated heterocycles. The number of nitrogens with one attached hydrogen (secondary N) is 2. The molecule has 0 spiro atoms. The fourth-order valence-electron chi connectivity index (χ4n) is 1.12. The molecule has 0 fully saturated rings. The Morgan fingerprint density at radius 2 is 2.00 bits per heavy atom. The second kappa shape index (κ2) is 9.56. The van der Waals surface area contributed by atoms with E-state index in [2.05, 4.69) is 14.8 Å². The van der Waals surface area contributed by atoms with Gasteiger partial charge in [-0.15, -0.1) is 0 Å². The number of rotatable bonds is 11. The molecular formula is C9H21F2N3O3S. The van der Waals surface area contributed by atoms with E-state index in [1.54, 1.807) is 7.05 Å². The van der Waals surface area contributed by atoms with Gasteiger partial charge in [-0.2, -0.15) is 17.4 Å². The fraction of sp³-hybridized carbons (Fsp3) is 1.00. The molecule has 0 aromatic rings. The first-order valence-electron chi connectivity index (χ1n) is 5.61. The first-order valence-corrected chi connectivity index (χ1v) is 7.05. The van der Waals surface area contributed by atoms with Crippen molar-refractivity contribution in [3.05, 3.63) is 0 Å². The van der Waals surface area contributed by atoms with E-state index in [4.69, 9.17) is 0 Å². The van der Waals surface area contributed by atoms with Gasteiger partial charge in [0.1, 0.15) is 6.61 Å². The van der Waals surface area contributed by atoms with Gasteiger partial charge in [0.2, 0.25) is 0 Å². The molecule has 0 amide bonds. The summed E-state index contributed by atoms with van der Waals surface area (Å²) < 4.78 is 54.7. The molecule has 0 rings (SSSR count). The minimum Gasteiger partial charge on any atom is -0.374 e. The van der Waals surface area contributed by atoms with E-state index < -0.39 is 23.2 Å². The highest BCUT2D eigenvalue weighted by Crippen LogP contribution is 1.95. The van der Waals surface area contributed by atoms with Crippen LogP contribution in [-0.2, 0) is 14.9 Å². The Hall–Kier alpha value is -0.350. The normalized spacial score (nSPS) is 12.6. The van der Waals surface area contributed by atoms with Crippen molar-refractivity contribution in [1.29, 1.82) is 0 Å². The lowest BCUT2D eigenvalue weighted by Gasteiger charge is -2.17. The molecule has 0 atom stereocenters. The molecule has 2 N–H and O–H groups in total. The monoisotopic (exact) mass is 289 g/mol. The number of alkyl halides is 2. The molecule has 18 heavy (non-hydrogen) atoms. The highest BCUT2D eigenvalue weighted by molar-refractivity contribution is 7.87. The minimum absolute atomic E-state index is 0.0224. The van der Waals surface area contributed by atoms with Crippen LogP contribution in [0.25, 0.3) is 0 Å². The molecule has 0 aliphatic carbocycles. The molecular weight excluding hydrogens is 268 g/mol. The van der Waals surface area contributed by atoms with Crippen LogP contribution in [0.2, 0.25) is 0 Å². The number of halogens is 2. The Kier molecular flexibility index (Phi) is 9.38. The zero-order valence-corrected chi connectivity index (χ0v) is 11.5. The van der Waals surface area contributed by atoms with Crippen LogP contribution in [0.15, 0.2) is 0 Å². The van der Waals surface area contributed by atoms with Gasteiger partial charge in [-0.25, -0.2) is 8.78 Å². The van der Waals surface area contributed by atoms with Crippen molar-refractivity contribution >= 4 is 10.2 Å². The molecule has 0 aliphatic heterocycles. The van der Waals surface area contributed by atoms with Crippen LogP contribution in [0.5, 0.6) is 0 Å². The predicted molar refractivity (Wildman–Crippen MR) is 64.9 cm³/mol. The maximum atomic E-state index is 11.7. The lowest BCUT2D eigenvalue weighted by molar-refractivity contribution is 0.0198. The summed E-state index contributed by atoms with van der Waals surface area (Å²) in [6.07, 6.45) is -1.85. The van der Waals surface area contributed by atoms with Crippen LogP contribution in [0, 0.1) is 0 Å². The van der Waals surface area contributed by atoms with E-state index >= 15 is 0 Å². The van der Waals surface area contributed by atoms with Gasteiger partial charge in [0, 0.05) is 20.1 Å². The van der Waals surface area contributed by atoms with Crippen molar-refractivity contribution in [2.24, 2.45) is 0 Å². The van der Waals surface area contributed by atoms with Crippen LogP contribution in [0.3, 0.4) is 0 Å². The van der Waals surface area contributed by atoms with Gasteiger partial charge in [0.25, 0.3) is 16.6 Å². The number of nitrogens with zero attached hydrogens (tertiary/aromatic N) is 1. The summed E-state index contributed by atoms with van der Waals surface area (Å²) in [5.74, 6) is 0. The van der Waals surface area contributed by atoms with Gasteiger partial charge in [-0.1, -0.05) is 0 Å². The standard InChI is InChI=1S/C9H21F2N3O3S/c1-12-4-3-6-14(2)18(15,16)13-5-7-17-8-9(10)11/h9,12-13H,3-8H2,1-2H3. The van der Waals surface area contributed by atoms with Crippen molar-refractivity contribution in [1.82, 2.24) is 14.3 Å². The molecule has 0 heterocycles. The number of ether oxygens (including phenoxy) is 1. The zero-order valence-electron chi connectivity index (χ0n) is 10.7. The van der Waals surface area contributed by atoms with Crippen molar-refractivity contribution in [3.63, 3.8) is 0 Å². The number of hydrogen-bond acceptors (Lipinski definition) is 4. The summed E-state index contributed by atoms with van der Waals surface area (Å²) in [6, 6.07) is 0. The van der Waals surface area contributed by atoms with Crippen LogP contribution in [0.1, 0.15) is 6.42 Å². The SMILES string of the molecule is CNCCCN(C)S(=O)(=O)NCCOCC(F)F. The smallest absolute Gasteiger partial charge is 0.279 e. The van der Waals surface area contributed by atoms with E-state index in [1.807, 2.05) is 0 Å². The summed E-state index contributed by atoms with van der Waals surface area (Å²) in [5, 5.41) is 2.91. The third kappa shape index (κ3) is 8.70. The molecule has 0 unspecified atom stereocenters. The highest BCUT2D eigenvalue weighted by atomic mass is 32.2. The third-order valence-electron chi connectivity index (χ3n) is 2.08. The third-order valence-corrected chi connectivity index (χ3v) is 3.66. The first kappa shape index (κ1) is 17.6. The summed E-state index contributed by atoms with van der Waals surface area (Å²) in [4.78, 5) is 0. The van der Waals surface area contributed by atoms with E-state index in [0.29, 0.717) is 13.0 Å². The largest absolute Gasteiger partial charge is 0.374 e. The van der Waals surface area contributed by atoms with Crippen molar-refractivity contribution in [2.45, 2.75) is 12.8 Å². The molecule has 110 valence electrons. The average Bonchev–Trinajstić information content (AvgIpc) is 2.28. The Bertz CT molecular complexity index is 301. The molecule has 6 nitrogen and oxygen atoms in total. The van der Waals surface area contributed by atoms with E-state index in [-0.39, 0.29) is 13.2 Å². The van der Waals surface area contributed by atoms with E-state index in [1.165, 1.54) is 11.4 Å². The lowest BCUT2D eigenvalue weighted by atomic mass is 10.4. The van der Waals surface area contributed by atoms with Gasteiger partial charge in [-0.05, 0) is 20.0 Å². The topological polar surface area (TPSA) is 70.7 Å². The van der Waals surface area contributed by atoms with Crippen LogP contribution < -0.4 is 10.0 Å². The first-order chi connectivity index (χ1) is 8.40. The Balaban J connectivity index is 3.78. The molecule has 0 aliphatic rings. The van der Waals surface area contributed by atoms with Crippen molar-refractivity contribution in [3.8, 4) is 0 Å². The van der Waals surface area contributed by atoms with Crippen molar-refractivity contribution in [2.75, 3.05) is 46.9 Å². The second-order valence-corrected chi connectivity index (χ2v) is 5.51. The molecule has 0 radical (unpaired) electrons. The predicted octanol–water partition coefficient (Wildman–Crippen LogP) is -0.356. The summed E-state index contributed by atoms with van der Waals surface area (Å²) in [5.41, 5.74) is 0. The van der Waals surface area contributed by atoms with E-state index in [0.717, 1.165) is 6.54 Å². The highest BCUT2D eigenvalue weighted by Gasteiger charge is 2.15. The zero-order chi connectivity index (χ0) is 14.0. The van der Waals surface area contributed by atoms with Gasteiger partial charge < -0.3 is 10.1 Å². The second-order valence-electron chi connectivity index (χ2n) is 3.64. The summed E-state index contributed by atoms with van der Waals surface area (Å²) in [7, 11) is -0.312. The van der Waals surface area contributed by atoms with Crippen LogP contribution in [-0.4, -0.2) is 66.1 Å². The maximum Gasteiger partial charge on any atom is 0.279 e. The molecule has 9 heteroatoms. The Labute approximate surface area is 107 Å². The molecule has 0 saturated carbocycles. The van der Waals surface area contributed by atoms with Crippen LogP contribution in [0.4, 0.5) is 8.78 Å². The minimum atomic E-state index is -3.55. The molecule has 0 aromatic carbocycles. The van der Waals surface area contributed by atoms with Gasteiger partial charge in [0.05, 0.1) is 6.61 Å². The maximum absolute atomic E-state index is 11.7. The molecule has 0 aromatic heterocycles. The molecule has 0 bridgehead atoms. The Morgan fingerprint density at radius 1 is 1.33 bits per heavy atom. The fourth-order valence-corrected chi connectivity index (χ4v) is 2.06. The summed E-state index contributed by atoms with van der Waals surface area (Å²) >= 11 is 0. The lowest BCUT2D eigenvalue weighted by Crippen LogP contribution is -2.40. The van der Waals surface area contributed by atoms with Crippen molar-refractivity contribution < 1.29 is 21.9 Å². The van der Waals surface area contributed by atoms with Gasteiger partial charge in [-0.3, -0.25) is 0 Å². The van der Waals surface area contributed by atoms with Crippen LogP contribution >= 0.6 is 0 Å². The summed E-state index contributed by atoms with van der Waals surface area (Å²) in [6.45, 7) is 0.324.